The van der Waals surface area contributed by atoms with Gasteiger partial charge in [0.2, 0.25) is 0 Å². The minimum Gasteiger partial charge on any atom is -0.400 e. The highest BCUT2D eigenvalue weighted by atomic mass is 19.4. The number of alkyl halides is 3. The Morgan fingerprint density at radius 3 is 2.31 bits per heavy atom. The van der Waals surface area contributed by atoms with Crippen LogP contribution in [0.2, 0.25) is 0 Å². The summed E-state index contributed by atoms with van der Waals surface area (Å²) in [4.78, 5) is 0. The molecule has 2 nitrogen and oxygen atoms in total. The predicted molar refractivity (Wildman–Crippen MR) is 37.5 cm³/mol. The lowest BCUT2D eigenvalue weighted by Crippen LogP contribution is -2.18. The minimum absolute atomic E-state index is 0.391. The summed E-state index contributed by atoms with van der Waals surface area (Å²) in [5.41, 5.74) is 4.67. The van der Waals surface area contributed by atoms with E-state index in [4.69, 9.17) is 5.73 Å². The maximum Gasteiger partial charge on any atom is 0.573 e. The van der Waals surface area contributed by atoms with E-state index in [0.29, 0.717) is 0 Å². The molecule has 0 aliphatic heterocycles. The molecule has 0 aliphatic carbocycles. The quantitative estimate of drug-likeness (QED) is 0.551. The van der Waals surface area contributed by atoms with Crippen molar-refractivity contribution in [2.45, 2.75) is 6.36 Å². The van der Waals surface area contributed by atoms with Crippen LogP contribution in [0.1, 0.15) is 0 Å². The normalized spacial score (nSPS) is 11.4. The van der Waals surface area contributed by atoms with Gasteiger partial charge in [-0.3, -0.25) is 0 Å². The maximum atomic E-state index is 12.7. The van der Waals surface area contributed by atoms with Gasteiger partial charge in [-0.2, -0.15) is 0 Å². The zero-order valence-corrected chi connectivity index (χ0v) is 6.23. The van der Waals surface area contributed by atoms with Crippen LogP contribution in [0, 0.1) is 5.82 Å². The zero-order chi connectivity index (χ0) is 10.1. The first-order valence-corrected chi connectivity index (χ1v) is 3.20. The Bertz CT molecular complexity index is 290. The van der Waals surface area contributed by atoms with Crippen molar-refractivity contribution in [2.24, 2.45) is 0 Å². The molecule has 1 aromatic rings. The average molecular weight is 195 g/mol. The maximum absolute atomic E-state index is 12.7. The lowest BCUT2D eigenvalue weighted by molar-refractivity contribution is -0.275. The first kappa shape index (κ1) is 9.63. The van der Waals surface area contributed by atoms with Crippen molar-refractivity contribution >= 4 is 5.69 Å². The summed E-state index contributed by atoms with van der Waals surface area (Å²) in [6.45, 7) is 0. The van der Waals surface area contributed by atoms with E-state index >= 15 is 0 Å². The molecule has 0 radical (unpaired) electrons. The first-order valence-electron chi connectivity index (χ1n) is 3.20. The van der Waals surface area contributed by atoms with Gasteiger partial charge in [0.25, 0.3) is 0 Å². The Morgan fingerprint density at radius 2 is 1.85 bits per heavy atom. The molecule has 72 valence electrons. The van der Waals surface area contributed by atoms with Gasteiger partial charge in [-0.05, 0) is 12.1 Å². The number of nitrogens with two attached hydrogens (primary N) is 1. The van der Waals surface area contributed by atoms with Crippen LogP contribution in [0.3, 0.4) is 0 Å². The van der Waals surface area contributed by atoms with Crippen LogP contribution in [0.5, 0.6) is 5.75 Å². The summed E-state index contributed by atoms with van der Waals surface area (Å²) in [6, 6.07) is 3.13. The van der Waals surface area contributed by atoms with Crippen molar-refractivity contribution in [1.82, 2.24) is 0 Å². The fourth-order valence-electron chi connectivity index (χ4n) is 0.749. The molecule has 0 fully saturated rings. The molecule has 0 saturated carbocycles. The molecule has 1 aromatic carbocycles. The monoisotopic (exact) mass is 195 g/mol. The van der Waals surface area contributed by atoms with Crippen LogP contribution in [0.25, 0.3) is 0 Å². The van der Waals surface area contributed by atoms with Crippen molar-refractivity contribution < 1.29 is 22.3 Å². The Balaban J connectivity index is 3.00. The second-order valence-corrected chi connectivity index (χ2v) is 2.21. The van der Waals surface area contributed by atoms with E-state index in [-0.39, 0.29) is 0 Å². The van der Waals surface area contributed by atoms with Crippen molar-refractivity contribution in [3.63, 3.8) is 0 Å². The molecular weight excluding hydrogens is 190 g/mol. The Hall–Kier alpha value is -1.46. The van der Waals surface area contributed by atoms with E-state index < -0.39 is 23.6 Å². The zero-order valence-electron chi connectivity index (χ0n) is 6.23. The molecule has 0 saturated heterocycles. The van der Waals surface area contributed by atoms with Gasteiger partial charge in [0.15, 0.2) is 11.6 Å². The highest BCUT2D eigenvalue weighted by Crippen LogP contribution is 2.30. The van der Waals surface area contributed by atoms with E-state index in [0.717, 1.165) is 12.1 Å². The number of benzene rings is 1. The van der Waals surface area contributed by atoms with Gasteiger partial charge in [-0.25, -0.2) is 4.39 Å². The number of rotatable bonds is 1. The Morgan fingerprint density at radius 1 is 1.23 bits per heavy atom. The van der Waals surface area contributed by atoms with Crippen molar-refractivity contribution in [1.29, 1.82) is 0 Å². The van der Waals surface area contributed by atoms with Crippen molar-refractivity contribution in [2.75, 3.05) is 5.73 Å². The summed E-state index contributed by atoms with van der Waals surface area (Å²) in [7, 11) is 0. The molecule has 2 N–H and O–H groups in total. The van der Waals surface area contributed by atoms with Gasteiger partial charge in [0.1, 0.15) is 0 Å². The van der Waals surface area contributed by atoms with Crippen molar-refractivity contribution in [3.05, 3.63) is 24.0 Å². The van der Waals surface area contributed by atoms with Gasteiger partial charge in [0.05, 0.1) is 5.69 Å². The van der Waals surface area contributed by atoms with Crippen LogP contribution < -0.4 is 10.5 Å². The number of nitrogen functional groups attached to an aromatic ring is 1. The molecule has 13 heavy (non-hydrogen) atoms. The second-order valence-electron chi connectivity index (χ2n) is 2.21. The van der Waals surface area contributed by atoms with Gasteiger partial charge >= 0.3 is 6.36 Å². The van der Waals surface area contributed by atoms with Crippen LogP contribution in [0.15, 0.2) is 18.2 Å². The summed E-state index contributed by atoms with van der Waals surface area (Å²) in [6.07, 6.45) is -4.93. The van der Waals surface area contributed by atoms with Crippen LogP contribution in [0.4, 0.5) is 23.2 Å². The first-order chi connectivity index (χ1) is 5.90. The van der Waals surface area contributed by atoms with Gasteiger partial charge in [-0.1, -0.05) is 6.07 Å². The van der Waals surface area contributed by atoms with Crippen molar-refractivity contribution in [3.8, 4) is 5.75 Å². The van der Waals surface area contributed by atoms with E-state index in [2.05, 4.69) is 4.74 Å². The van der Waals surface area contributed by atoms with Gasteiger partial charge < -0.3 is 10.5 Å². The lowest BCUT2D eigenvalue weighted by atomic mass is 10.3. The van der Waals surface area contributed by atoms with E-state index in [1.807, 2.05) is 0 Å². The number of anilines is 1. The molecule has 6 heteroatoms. The van der Waals surface area contributed by atoms with Gasteiger partial charge in [-0.15, -0.1) is 13.2 Å². The number of hydrogen-bond acceptors (Lipinski definition) is 2. The highest BCUT2D eigenvalue weighted by molar-refractivity contribution is 5.52. The molecule has 0 aromatic heterocycles. The van der Waals surface area contributed by atoms with Crippen LogP contribution in [-0.4, -0.2) is 6.36 Å². The van der Waals surface area contributed by atoms with E-state index in [1.54, 1.807) is 0 Å². The number of hydrogen-bond donors (Lipinski definition) is 1. The molecule has 0 unspecified atom stereocenters. The molecule has 0 aliphatic rings. The van der Waals surface area contributed by atoms with Crippen LogP contribution in [-0.2, 0) is 0 Å². The SMILES string of the molecule is Nc1cccc(F)c1OC(F)(F)F. The summed E-state index contributed by atoms with van der Waals surface area (Å²) >= 11 is 0. The molecule has 0 amide bonds. The van der Waals surface area contributed by atoms with Crippen LogP contribution >= 0.6 is 0 Å². The van der Waals surface area contributed by atoms with Gasteiger partial charge in [0, 0.05) is 0 Å². The third-order valence-electron chi connectivity index (χ3n) is 1.22. The average Bonchev–Trinajstić information content (AvgIpc) is 1.95. The van der Waals surface area contributed by atoms with E-state index in [1.165, 1.54) is 6.07 Å². The lowest BCUT2D eigenvalue weighted by Gasteiger charge is -2.11. The molecular formula is C7H5F4NO. The predicted octanol–water partition coefficient (Wildman–Crippen LogP) is 2.31. The Kier molecular flexibility index (Phi) is 2.31. The molecule has 0 atom stereocenters. The topological polar surface area (TPSA) is 35.2 Å². The summed E-state index contributed by atoms with van der Waals surface area (Å²) < 4.78 is 51.0. The third-order valence-corrected chi connectivity index (χ3v) is 1.22. The van der Waals surface area contributed by atoms with E-state index in [9.17, 15) is 17.6 Å². The fourth-order valence-corrected chi connectivity index (χ4v) is 0.749. The standard InChI is InChI=1S/C7H5F4NO/c8-4-2-1-3-5(12)6(4)13-7(9,10)11/h1-3H,12H2. The fraction of sp³-hybridized carbons (Fsp3) is 0.143. The second kappa shape index (κ2) is 3.12. The smallest absolute Gasteiger partial charge is 0.400 e. The number of para-hydroxylation sites is 1. The summed E-state index contributed by atoms with van der Waals surface area (Å²) in [5.74, 6) is -2.13. The number of halogens is 4. The molecule has 0 heterocycles. The largest absolute Gasteiger partial charge is 0.573 e. The highest BCUT2D eigenvalue weighted by Gasteiger charge is 2.33. The summed E-state index contributed by atoms with van der Waals surface area (Å²) in [5, 5.41) is 0. The number of ether oxygens (including phenoxy) is 1. The molecule has 1 rings (SSSR count). The molecule has 0 bridgehead atoms. The minimum atomic E-state index is -4.93. The Labute approximate surface area is 70.9 Å². The molecule has 0 spiro atoms. The third kappa shape index (κ3) is 2.50.